The summed E-state index contributed by atoms with van der Waals surface area (Å²) >= 11 is 7.15. The Kier molecular flexibility index (Phi) is 5.96. The number of hydrogen-bond donors (Lipinski definition) is 0. The fraction of sp³-hybridized carbons (Fsp3) is 0.267. The Morgan fingerprint density at radius 2 is 2.14 bits per heavy atom. The molecule has 0 aliphatic carbocycles. The zero-order valence-corrected chi connectivity index (χ0v) is 14.1. The molecule has 0 spiro atoms. The summed E-state index contributed by atoms with van der Waals surface area (Å²) in [6, 6.07) is 7.88. The Bertz CT molecular complexity index is 637. The fourth-order valence-corrected chi connectivity index (χ4v) is 3.76. The van der Waals surface area contributed by atoms with Crippen LogP contribution in [0.1, 0.15) is 16.3 Å². The highest BCUT2D eigenvalue weighted by Gasteiger charge is 2.08. The van der Waals surface area contributed by atoms with Gasteiger partial charge >= 0.3 is 0 Å². The number of nitrogens with zero attached hydrogens (tertiary/aromatic N) is 1. The van der Waals surface area contributed by atoms with Crippen LogP contribution in [0.3, 0.4) is 0 Å². The minimum absolute atomic E-state index is 0.300. The first-order valence-electron chi connectivity index (χ1n) is 6.34. The van der Waals surface area contributed by atoms with E-state index in [0.717, 1.165) is 16.5 Å². The van der Waals surface area contributed by atoms with Gasteiger partial charge in [0, 0.05) is 21.2 Å². The van der Waals surface area contributed by atoms with Gasteiger partial charge in [0.05, 0.1) is 17.2 Å². The molecule has 0 saturated heterocycles. The Hall–Kier alpha value is -1.17. The van der Waals surface area contributed by atoms with Crippen LogP contribution in [0.5, 0.6) is 5.75 Å². The van der Waals surface area contributed by atoms with Crippen LogP contribution >= 0.6 is 22.9 Å². The Morgan fingerprint density at radius 3 is 2.81 bits per heavy atom. The lowest BCUT2D eigenvalue weighted by molar-refractivity contribution is 0.305. The average molecular weight is 342 g/mol. The molecule has 0 N–H and O–H groups in total. The second-order valence-electron chi connectivity index (χ2n) is 4.58. The van der Waals surface area contributed by atoms with Crippen molar-refractivity contribution in [2.24, 2.45) is 0 Å². The molecule has 21 heavy (non-hydrogen) atoms. The van der Waals surface area contributed by atoms with Crippen molar-refractivity contribution in [1.29, 1.82) is 0 Å². The lowest BCUT2D eigenvalue weighted by Gasteiger charge is -2.03. The van der Waals surface area contributed by atoms with Crippen molar-refractivity contribution in [2.45, 2.75) is 19.3 Å². The molecule has 3 nitrogen and oxygen atoms in total. The second-order valence-corrected chi connectivity index (χ2v) is 7.51. The maximum absolute atomic E-state index is 11.7. The monoisotopic (exact) mass is 341 g/mol. The Morgan fingerprint density at radius 1 is 1.43 bits per heavy atom. The van der Waals surface area contributed by atoms with Gasteiger partial charge in [-0.05, 0) is 19.1 Å². The molecule has 0 aliphatic rings. The predicted octanol–water partition coefficient (Wildman–Crippen LogP) is 4.03. The van der Waals surface area contributed by atoms with E-state index in [-0.39, 0.29) is 0 Å². The van der Waals surface area contributed by atoms with E-state index in [1.165, 1.54) is 16.9 Å². The van der Waals surface area contributed by atoms with Gasteiger partial charge in [0.25, 0.3) is 0 Å². The van der Waals surface area contributed by atoms with Crippen molar-refractivity contribution in [2.75, 3.05) is 5.75 Å². The van der Waals surface area contributed by atoms with Gasteiger partial charge in [0.2, 0.25) is 0 Å². The van der Waals surface area contributed by atoms with E-state index in [2.05, 4.69) is 11.6 Å². The third-order valence-corrected chi connectivity index (χ3v) is 5.06. The van der Waals surface area contributed by atoms with Gasteiger partial charge in [-0.15, -0.1) is 11.3 Å². The topological polar surface area (TPSA) is 39.2 Å². The van der Waals surface area contributed by atoms with Crippen LogP contribution in [0.4, 0.5) is 0 Å². The van der Waals surface area contributed by atoms with E-state index >= 15 is 0 Å². The normalized spacial score (nSPS) is 12.1. The predicted molar refractivity (Wildman–Crippen MR) is 89.3 cm³/mol. The van der Waals surface area contributed by atoms with Crippen LogP contribution in [0.15, 0.2) is 41.3 Å². The fourth-order valence-electron chi connectivity index (χ4n) is 1.65. The molecule has 2 rings (SSSR count). The zero-order chi connectivity index (χ0) is 15.2. The number of ether oxygens (including phenoxy) is 1. The summed E-state index contributed by atoms with van der Waals surface area (Å²) in [6.07, 6.45) is 0. The van der Waals surface area contributed by atoms with E-state index in [0.29, 0.717) is 23.1 Å². The molecule has 2 aromatic rings. The molecule has 0 bridgehead atoms. The van der Waals surface area contributed by atoms with E-state index in [1.807, 2.05) is 36.6 Å². The molecule has 112 valence electrons. The summed E-state index contributed by atoms with van der Waals surface area (Å²) < 4.78 is 17.4. The third-order valence-electron chi connectivity index (χ3n) is 2.61. The highest BCUT2D eigenvalue weighted by atomic mass is 35.5. The minimum atomic E-state index is -1.06. The second kappa shape index (κ2) is 7.73. The largest absolute Gasteiger partial charge is 0.486 e. The van der Waals surface area contributed by atoms with Crippen molar-refractivity contribution < 1.29 is 8.95 Å². The molecule has 0 radical (unpaired) electrons. The Labute approximate surface area is 136 Å². The van der Waals surface area contributed by atoms with Gasteiger partial charge in [0.1, 0.15) is 17.4 Å². The average Bonchev–Trinajstić information content (AvgIpc) is 2.84. The lowest BCUT2D eigenvalue weighted by atomic mass is 10.2. The molecule has 0 unspecified atom stereocenters. The maximum Gasteiger partial charge on any atom is 0.140 e. The molecule has 1 heterocycles. The highest BCUT2D eigenvalue weighted by molar-refractivity contribution is 7.84. The van der Waals surface area contributed by atoms with Crippen molar-refractivity contribution in [3.05, 3.63) is 57.5 Å². The van der Waals surface area contributed by atoms with Crippen molar-refractivity contribution >= 4 is 33.7 Å². The van der Waals surface area contributed by atoms with Gasteiger partial charge in [0.15, 0.2) is 0 Å². The number of halogens is 1. The summed E-state index contributed by atoms with van der Waals surface area (Å²) in [5, 5.41) is 3.18. The summed E-state index contributed by atoms with van der Waals surface area (Å²) in [5.74, 6) is 1.51. The van der Waals surface area contributed by atoms with E-state index in [1.54, 1.807) is 0 Å². The smallest absolute Gasteiger partial charge is 0.140 e. The molecule has 1 aromatic carbocycles. The lowest BCUT2D eigenvalue weighted by Crippen LogP contribution is -2.01. The molecular weight excluding hydrogens is 326 g/mol. The van der Waals surface area contributed by atoms with Gasteiger partial charge in [-0.3, -0.25) is 4.21 Å². The van der Waals surface area contributed by atoms with Crippen LogP contribution in [-0.4, -0.2) is 14.9 Å². The van der Waals surface area contributed by atoms with Gasteiger partial charge in [-0.1, -0.05) is 35.9 Å². The van der Waals surface area contributed by atoms with E-state index in [4.69, 9.17) is 16.3 Å². The van der Waals surface area contributed by atoms with Crippen LogP contribution < -0.4 is 4.74 Å². The summed E-state index contributed by atoms with van der Waals surface area (Å²) in [7, 11) is -1.06. The van der Waals surface area contributed by atoms with Gasteiger partial charge in [-0.2, -0.15) is 0 Å². The molecule has 0 saturated carbocycles. The maximum atomic E-state index is 11.7. The van der Waals surface area contributed by atoms with Crippen LogP contribution in [0, 0.1) is 6.92 Å². The van der Waals surface area contributed by atoms with E-state index < -0.39 is 10.8 Å². The molecule has 1 atom stereocenters. The number of benzene rings is 1. The van der Waals surface area contributed by atoms with Crippen molar-refractivity contribution in [3.8, 4) is 5.75 Å². The minimum Gasteiger partial charge on any atom is -0.486 e. The summed E-state index contributed by atoms with van der Waals surface area (Å²) in [6.45, 7) is 6.00. The van der Waals surface area contributed by atoms with E-state index in [9.17, 15) is 4.21 Å². The SMILES string of the molecule is C=C(Cl)C[S@@](=O)Cc1csc(COc2ccc(C)cc2)n1. The van der Waals surface area contributed by atoms with Crippen molar-refractivity contribution in [3.63, 3.8) is 0 Å². The van der Waals surface area contributed by atoms with Gasteiger partial charge < -0.3 is 4.74 Å². The Balaban J connectivity index is 1.86. The molecular formula is C15H16ClNO2S2. The number of thiazole rings is 1. The highest BCUT2D eigenvalue weighted by Crippen LogP contribution is 2.17. The molecule has 0 fully saturated rings. The molecule has 1 aromatic heterocycles. The summed E-state index contributed by atoms with van der Waals surface area (Å²) in [5.41, 5.74) is 2.00. The first kappa shape index (κ1) is 16.2. The standard InChI is InChI=1S/C15H16ClNO2S2/c1-11-3-5-14(6-4-11)19-7-15-17-13(8-20-15)10-21(18)9-12(2)16/h3-6,8H,2,7,9-10H2,1H3/t21-/m1/s1. The molecule has 0 amide bonds. The summed E-state index contributed by atoms with van der Waals surface area (Å²) in [4.78, 5) is 4.42. The molecule has 0 aliphatic heterocycles. The molecule has 6 heteroatoms. The van der Waals surface area contributed by atoms with Crippen molar-refractivity contribution in [1.82, 2.24) is 4.98 Å². The zero-order valence-electron chi connectivity index (χ0n) is 11.7. The van der Waals surface area contributed by atoms with Crippen LogP contribution in [0.2, 0.25) is 0 Å². The van der Waals surface area contributed by atoms with Crippen LogP contribution in [0.25, 0.3) is 0 Å². The first-order valence-corrected chi connectivity index (χ1v) is 9.08. The third kappa shape index (κ3) is 5.61. The number of hydrogen-bond acceptors (Lipinski definition) is 4. The number of aryl methyl sites for hydroxylation is 1. The quantitative estimate of drug-likeness (QED) is 0.763. The number of aromatic nitrogens is 1. The van der Waals surface area contributed by atoms with Crippen LogP contribution in [-0.2, 0) is 23.2 Å². The first-order chi connectivity index (χ1) is 10.0. The van der Waals surface area contributed by atoms with Gasteiger partial charge in [-0.25, -0.2) is 4.98 Å². The number of rotatable bonds is 7.